The number of hydrogen-bond donors (Lipinski definition) is 1. The van der Waals surface area contributed by atoms with Crippen LogP contribution in [0.2, 0.25) is 5.15 Å². The molecule has 0 saturated heterocycles. The monoisotopic (exact) mass is 485 g/mol. The maximum atomic E-state index is 8.79. The number of hydrogen-bond acceptors (Lipinski definition) is 4. The van der Waals surface area contributed by atoms with Crippen molar-refractivity contribution in [2.75, 3.05) is 0 Å². The summed E-state index contributed by atoms with van der Waals surface area (Å²) < 4.78 is 5.71. The molecule has 8 heteroatoms. The van der Waals surface area contributed by atoms with Crippen LogP contribution in [0.4, 0.5) is 0 Å². The first-order chi connectivity index (χ1) is 16.7. The normalized spacial score (nSPS) is 11.6. The molecule has 5 rings (SSSR count). The maximum absolute atomic E-state index is 8.79. The first kappa shape index (κ1) is 23.1. The zero-order valence-corrected chi connectivity index (χ0v) is 21.3. The van der Waals surface area contributed by atoms with Gasteiger partial charge in [0, 0.05) is 31.4 Å². The van der Waals surface area contributed by atoms with Crippen LogP contribution in [0.3, 0.4) is 0 Å². The molecule has 0 atom stereocenters. The molecular weight excluding hydrogens is 458 g/mol. The molecule has 0 bridgehead atoms. The molecule has 0 spiro atoms. The molecule has 0 aliphatic rings. The minimum atomic E-state index is 0.354. The zero-order valence-electron chi connectivity index (χ0n) is 20.5. The second-order valence-corrected chi connectivity index (χ2v) is 9.60. The minimum Gasteiger partial charge on any atom is -0.332 e. The molecule has 178 valence electrons. The number of fused-ring (bicyclic) bond motifs is 1. The van der Waals surface area contributed by atoms with E-state index >= 15 is 0 Å². The van der Waals surface area contributed by atoms with E-state index in [0.717, 1.165) is 39.4 Å². The Hall–Kier alpha value is -3.71. The van der Waals surface area contributed by atoms with Gasteiger partial charge in [-0.2, -0.15) is 0 Å². The van der Waals surface area contributed by atoms with Crippen LogP contribution in [-0.2, 0) is 20.6 Å². The van der Waals surface area contributed by atoms with E-state index in [4.69, 9.17) is 27.0 Å². The van der Waals surface area contributed by atoms with E-state index in [0.29, 0.717) is 29.1 Å². The smallest absolute Gasteiger partial charge is 0.204 e. The van der Waals surface area contributed by atoms with Crippen molar-refractivity contribution in [3.05, 3.63) is 82.3 Å². The number of benzene rings is 2. The Labute approximate surface area is 209 Å². The van der Waals surface area contributed by atoms with Crippen LogP contribution in [0.15, 0.2) is 54.7 Å². The number of imidazole rings is 2. The minimum absolute atomic E-state index is 0.354. The molecule has 35 heavy (non-hydrogen) atoms. The molecule has 1 N–H and O–H groups in total. The summed E-state index contributed by atoms with van der Waals surface area (Å²) in [6.07, 6.45) is 1.79. The lowest BCUT2D eigenvalue weighted by molar-refractivity contribution is 0.691. The number of nitrogens with one attached hydrogen (secondary N) is 1. The lowest BCUT2D eigenvalue weighted by Gasteiger charge is -2.13. The predicted octanol–water partition coefficient (Wildman–Crippen LogP) is 5.45. The summed E-state index contributed by atoms with van der Waals surface area (Å²) in [5.74, 6) is 1.87. The highest BCUT2D eigenvalue weighted by molar-refractivity contribution is 6.29. The molecule has 0 saturated carbocycles. The number of rotatable bonds is 5. The van der Waals surface area contributed by atoms with Gasteiger partial charge in [-0.1, -0.05) is 74.0 Å². The van der Waals surface area contributed by atoms with Crippen molar-refractivity contribution in [2.45, 2.75) is 33.2 Å². The summed E-state index contributed by atoms with van der Waals surface area (Å²) >= 11 is 6.06. The van der Waals surface area contributed by atoms with Crippen molar-refractivity contribution >= 4 is 22.8 Å². The second kappa shape index (κ2) is 8.82. The SMILES string of the molecule is Cc1nc(-c2ccccc2C(C)C)nc2c1n(C)c(=N)n2Cc1ccc(-c2nc(Cl)cn2C)cc1. The summed E-state index contributed by atoms with van der Waals surface area (Å²) in [6, 6.07) is 16.5. The van der Waals surface area contributed by atoms with Gasteiger partial charge in [-0.15, -0.1) is 0 Å². The molecule has 0 unspecified atom stereocenters. The van der Waals surface area contributed by atoms with Crippen LogP contribution in [0, 0.1) is 12.3 Å². The summed E-state index contributed by atoms with van der Waals surface area (Å²) in [7, 11) is 3.82. The molecule has 0 fully saturated rings. The quantitative estimate of drug-likeness (QED) is 0.359. The number of nitrogens with zero attached hydrogens (tertiary/aromatic N) is 6. The number of aryl methyl sites for hydroxylation is 3. The third-order valence-electron chi connectivity index (χ3n) is 6.43. The molecular formula is C27H28ClN7. The Morgan fingerprint density at radius 1 is 0.971 bits per heavy atom. The largest absolute Gasteiger partial charge is 0.332 e. The van der Waals surface area contributed by atoms with E-state index in [-0.39, 0.29) is 0 Å². The summed E-state index contributed by atoms with van der Waals surface area (Å²) in [5, 5.41) is 9.27. The molecule has 5 aromatic rings. The third-order valence-corrected chi connectivity index (χ3v) is 6.61. The molecule has 3 aromatic heterocycles. The van der Waals surface area contributed by atoms with Crippen LogP contribution >= 0.6 is 11.6 Å². The van der Waals surface area contributed by atoms with Gasteiger partial charge in [0.25, 0.3) is 0 Å². The fourth-order valence-corrected chi connectivity index (χ4v) is 4.86. The number of halogens is 1. The highest BCUT2D eigenvalue weighted by Gasteiger charge is 2.18. The second-order valence-electron chi connectivity index (χ2n) is 9.21. The van der Waals surface area contributed by atoms with Crippen LogP contribution in [-0.4, -0.2) is 28.7 Å². The van der Waals surface area contributed by atoms with Crippen molar-refractivity contribution in [3.63, 3.8) is 0 Å². The number of aromatic nitrogens is 6. The van der Waals surface area contributed by atoms with Crippen molar-refractivity contribution in [1.29, 1.82) is 5.41 Å². The van der Waals surface area contributed by atoms with Gasteiger partial charge < -0.3 is 9.13 Å². The molecule has 7 nitrogen and oxygen atoms in total. The average molecular weight is 486 g/mol. The Kier molecular flexibility index (Phi) is 5.81. The highest BCUT2D eigenvalue weighted by atomic mass is 35.5. The van der Waals surface area contributed by atoms with E-state index < -0.39 is 0 Å². The summed E-state index contributed by atoms with van der Waals surface area (Å²) in [6.45, 7) is 6.87. The summed E-state index contributed by atoms with van der Waals surface area (Å²) in [5.41, 5.74) is 7.19. The van der Waals surface area contributed by atoms with E-state index in [9.17, 15) is 0 Å². The molecule has 3 heterocycles. The lowest BCUT2D eigenvalue weighted by Crippen LogP contribution is -2.23. The first-order valence-electron chi connectivity index (χ1n) is 11.6. The zero-order chi connectivity index (χ0) is 24.9. The first-order valence-corrected chi connectivity index (χ1v) is 12.0. The predicted molar refractivity (Wildman–Crippen MR) is 139 cm³/mol. The van der Waals surface area contributed by atoms with Gasteiger partial charge >= 0.3 is 0 Å². The van der Waals surface area contributed by atoms with Gasteiger partial charge in [0.2, 0.25) is 5.62 Å². The van der Waals surface area contributed by atoms with Gasteiger partial charge in [-0.25, -0.2) is 15.0 Å². The van der Waals surface area contributed by atoms with Gasteiger partial charge in [-0.05, 0) is 24.0 Å². The summed E-state index contributed by atoms with van der Waals surface area (Å²) in [4.78, 5) is 14.2. The Morgan fingerprint density at radius 3 is 2.34 bits per heavy atom. The van der Waals surface area contributed by atoms with E-state index in [1.54, 1.807) is 6.20 Å². The average Bonchev–Trinajstić information content (AvgIpc) is 3.30. The topological polar surface area (TPSA) is 77.3 Å². The Bertz CT molecular complexity index is 1600. The molecule has 0 aliphatic heterocycles. The Balaban J connectivity index is 1.59. The molecule has 0 amide bonds. The van der Waals surface area contributed by atoms with Crippen molar-refractivity contribution in [3.8, 4) is 22.8 Å². The van der Waals surface area contributed by atoms with Crippen LogP contribution in [0.25, 0.3) is 33.9 Å². The maximum Gasteiger partial charge on any atom is 0.204 e. The fourth-order valence-electron chi connectivity index (χ4n) is 4.63. The van der Waals surface area contributed by atoms with Crippen molar-refractivity contribution in [1.82, 2.24) is 28.7 Å². The van der Waals surface area contributed by atoms with Gasteiger partial charge in [0.15, 0.2) is 11.5 Å². The fraction of sp³-hybridized carbons (Fsp3) is 0.259. The van der Waals surface area contributed by atoms with Gasteiger partial charge in [0.1, 0.15) is 16.5 Å². The molecule has 2 aromatic carbocycles. The highest BCUT2D eigenvalue weighted by Crippen LogP contribution is 2.29. The van der Waals surface area contributed by atoms with Gasteiger partial charge in [0.05, 0.1) is 12.2 Å². The molecule has 0 radical (unpaired) electrons. The third kappa shape index (κ3) is 4.06. The lowest BCUT2D eigenvalue weighted by atomic mass is 9.97. The van der Waals surface area contributed by atoms with E-state index in [1.165, 1.54) is 5.56 Å². The van der Waals surface area contributed by atoms with Crippen molar-refractivity contribution in [2.24, 2.45) is 14.1 Å². The van der Waals surface area contributed by atoms with Crippen molar-refractivity contribution < 1.29 is 0 Å². The van der Waals surface area contributed by atoms with Gasteiger partial charge in [-0.3, -0.25) is 9.98 Å². The van der Waals surface area contributed by atoms with Crippen LogP contribution in [0.5, 0.6) is 0 Å². The Morgan fingerprint density at radius 2 is 1.69 bits per heavy atom. The molecule has 0 aliphatic carbocycles. The van der Waals surface area contributed by atoms with E-state index in [2.05, 4.69) is 49.2 Å². The standard InChI is InChI=1S/C27H28ClN7/c1-16(2)20-8-6-7-9-21(20)24-30-17(3)23-26(32-24)35(27(29)34(23)5)14-18-10-12-19(13-11-18)25-31-22(28)15-33(25)4/h6-13,15-16,29H,14H2,1-5H3. The van der Waals surface area contributed by atoms with Crippen LogP contribution in [0.1, 0.15) is 36.6 Å². The van der Waals surface area contributed by atoms with E-state index in [1.807, 2.05) is 52.9 Å². The van der Waals surface area contributed by atoms with Crippen LogP contribution < -0.4 is 5.62 Å².